The average Bonchev–Trinajstić information content (AvgIpc) is 2.89. The first-order valence-corrected chi connectivity index (χ1v) is 15.1. The van der Waals surface area contributed by atoms with Crippen molar-refractivity contribution in [3.63, 3.8) is 0 Å². The number of benzene rings is 2. The minimum Gasteiger partial charge on any atom is -0.495 e. The van der Waals surface area contributed by atoms with Crippen molar-refractivity contribution in [3.8, 4) is 22.8 Å². The first kappa shape index (κ1) is 30.3. The Morgan fingerprint density at radius 2 is 1.48 bits per heavy atom. The fourth-order valence-electron chi connectivity index (χ4n) is 4.75. The van der Waals surface area contributed by atoms with Gasteiger partial charge in [0, 0.05) is 23.1 Å². The summed E-state index contributed by atoms with van der Waals surface area (Å²) >= 11 is 7.46. The minimum absolute atomic E-state index is 0.0250. The Bertz CT molecular complexity index is 1540. The monoisotopic (exact) mass is 664 g/mol. The van der Waals surface area contributed by atoms with Gasteiger partial charge in [-0.05, 0) is 91.1 Å². The van der Waals surface area contributed by atoms with Gasteiger partial charge in [0.15, 0.2) is 0 Å². The summed E-state index contributed by atoms with van der Waals surface area (Å²) in [5.41, 5.74) is 8.80. The number of allylic oxidation sites excluding steroid dienone is 2. The van der Waals surface area contributed by atoms with Gasteiger partial charge in [-0.3, -0.25) is 4.99 Å². The van der Waals surface area contributed by atoms with E-state index in [2.05, 4.69) is 122 Å². The van der Waals surface area contributed by atoms with Crippen molar-refractivity contribution in [1.82, 2.24) is 4.98 Å². The van der Waals surface area contributed by atoms with Gasteiger partial charge < -0.3 is 9.47 Å². The molecule has 4 nitrogen and oxygen atoms in total. The van der Waals surface area contributed by atoms with Crippen LogP contribution >= 0.6 is 31.9 Å². The van der Waals surface area contributed by atoms with Crippen molar-refractivity contribution < 1.29 is 9.47 Å². The molecule has 0 aliphatic heterocycles. The third-order valence-electron chi connectivity index (χ3n) is 7.12. The van der Waals surface area contributed by atoms with Crippen LogP contribution in [0.3, 0.4) is 0 Å². The predicted octanol–water partition coefficient (Wildman–Crippen LogP) is 10.2. The SMILES string of the molecule is C/C=C(\N=C1CC=Cc2ccc(-c3cc(C(C)(C)C)cc(Br)c3OC)nc21)c1cc(C(C)(C)C)cc(Br)c1OC. The number of ether oxygens (including phenoxy) is 2. The molecular formula is C34H38Br2N2O2. The molecule has 0 unspecified atom stereocenters. The molecule has 1 aliphatic carbocycles. The number of hydrogen-bond acceptors (Lipinski definition) is 4. The number of fused-ring (bicyclic) bond motifs is 1. The van der Waals surface area contributed by atoms with Crippen LogP contribution in [0.25, 0.3) is 23.0 Å². The Kier molecular flexibility index (Phi) is 8.82. The molecule has 0 radical (unpaired) electrons. The molecule has 4 rings (SSSR count). The molecule has 0 amide bonds. The lowest BCUT2D eigenvalue weighted by Gasteiger charge is -2.23. The summed E-state index contributed by atoms with van der Waals surface area (Å²) in [5, 5.41) is 0. The number of pyridine rings is 1. The summed E-state index contributed by atoms with van der Waals surface area (Å²) in [6.45, 7) is 15.3. The van der Waals surface area contributed by atoms with E-state index in [0.29, 0.717) is 6.42 Å². The van der Waals surface area contributed by atoms with Crippen LogP contribution in [0.15, 0.2) is 62.5 Å². The summed E-state index contributed by atoms with van der Waals surface area (Å²) in [7, 11) is 3.40. The minimum atomic E-state index is -0.0267. The molecule has 1 aliphatic rings. The molecule has 0 fully saturated rings. The van der Waals surface area contributed by atoms with Gasteiger partial charge in [-0.1, -0.05) is 65.8 Å². The normalized spacial score (nSPS) is 14.9. The second kappa shape index (κ2) is 11.7. The quantitative estimate of drug-likeness (QED) is 0.272. The molecule has 1 aromatic heterocycles. The highest BCUT2D eigenvalue weighted by Crippen LogP contribution is 2.42. The smallest absolute Gasteiger partial charge is 0.142 e. The number of hydrogen-bond donors (Lipinski definition) is 0. The van der Waals surface area contributed by atoms with Crippen LogP contribution in [0.2, 0.25) is 0 Å². The molecule has 2 aromatic carbocycles. The van der Waals surface area contributed by atoms with Gasteiger partial charge in [-0.25, -0.2) is 4.98 Å². The molecule has 210 valence electrons. The topological polar surface area (TPSA) is 43.7 Å². The van der Waals surface area contributed by atoms with Crippen molar-refractivity contribution in [2.45, 2.75) is 65.7 Å². The van der Waals surface area contributed by atoms with Crippen molar-refractivity contribution in [2.24, 2.45) is 4.99 Å². The third kappa shape index (κ3) is 6.13. The highest BCUT2D eigenvalue weighted by atomic mass is 79.9. The Labute approximate surface area is 255 Å². The van der Waals surface area contributed by atoms with Gasteiger partial charge in [0.05, 0.1) is 46.0 Å². The van der Waals surface area contributed by atoms with Crippen molar-refractivity contribution in [2.75, 3.05) is 14.2 Å². The summed E-state index contributed by atoms with van der Waals surface area (Å²) in [5.74, 6) is 1.54. The summed E-state index contributed by atoms with van der Waals surface area (Å²) in [4.78, 5) is 10.4. The molecular weight excluding hydrogens is 628 g/mol. The van der Waals surface area contributed by atoms with Crippen molar-refractivity contribution >= 4 is 49.3 Å². The molecule has 0 saturated heterocycles. The fraction of sp³-hybridized carbons (Fsp3) is 0.353. The molecule has 40 heavy (non-hydrogen) atoms. The second-order valence-electron chi connectivity index (χ2n) is 12.1. The van der Waals surface area contributed by atoms with E-state index in [4.69, 9.17) is 19.5 Å². The van der Waals surface area contributed by atoms with Gasteiger partial charge in [0.1, 0.15) is 11.5 Å². The van der Waals surface area contributed by atoms with Crippen LogP contribution in [0.5, 0.6) is 11.5 Å². The zero-order valence-electron chi connectivity index (χ0n) is 24.9. The van der Waals surface area contributed by atoms with Crippen LogP contribution < -0.4 is 9.47 Å². The van der Waals surface area contributed by atoms with Crippen LogP contribution in [-0.2, 0) is 10.8 Å². The highest BCUT2D eigenvalue weighted by molar-refractivity contribution is 9.11. The standard InChI is InChI=1S/C34H38Br2N2O2/c1-10-27(23-16-21(33(2,3)4)18-25(35)31(23)39-8)37-29-13-11-12-20-14-15-28(38-30(20)29)24-17-22(34(5,6)7)19-26(36)32(24)40-9/h10-12,14-19H,13H2,1-9H3/b27-10-,37-29?. The Morgan fingerprint density at radius 1 is 0.875 bits per heavy atom. The molecule has 0 atom stereocenters. The highest BCUT2D eigenvalue weighted by Gasteiger charge is 2.24. The summed E-state index contributed by atoms with van der Waals surface area (Å²) < 4.78 is 13.5. The second-order valence-corrected chi connectivity index (χ2v) is 13.8. The average molecular weight is 666 g/mol. The van der Waals surface area contributed by atoms with E-state index in [1.165, 1.54) is 11.1 Å². The molecule has 0 saturated carbocycles. The van der Waals surface area contributed by atoms with E-state index in [1.807, 2.05) is 13.0 Å². The maximum absolute atomic E-state index is 5.83. The maximum Gasteiger partial charge on any atom is 0.142 e. The summed E-state index contributed by atoms with van der Waals surface area (Å²) in [6.07, 6.45) is 6.99. The Hall–Kier alpha value is -2.70. The largest absolute Gasteiger partial charge is 0.495 e. The van der Waals surface area contributed by atoms with E-state index in [9.17, 15) is 0 Å². The maximum atomic E-state index is 5.83. The van der Waals surface area contributed by atoms with E-state index in [1.54, 1.807) is 14.2 Å². The lowest BCUT2D eigenvalue weighted by molar-refractivity contribution is 0.410. The van der Waals surface area contributed by atoms with Gasteiger partial charge in [-0.15, -0.1) is 0 Å². The van der Waals surface area contributed by atoms with Crippen LogP contribution in [0, 0.1) is 0 Å². The Balaban J connectivity index is 1.89. The number of nitrogens with zero attached hydrogens (tertiary/aromatic N) is 2. The molecule has 1 heterocycles. The number of methoxy groups -OCH3 is 2. The zero-order chi connectivity index (χ0) is 29.4. The zero-order valence-corrected chi connectivity index (χ0v) is 28.0. The first-order valence-electron chi connectivity index (χ1n) is 13.5. The van der Waals surface area contributed by atoms with Gasteiger partial charge in [0.25, 0.3) is 0 Å². The van der Waals surface area contributed by atoms with E-state index < -0.39 is 0 Å². The Morgan fingerprint density at radius 3 is 2.05 bits per heavy atom. The number of aromatic nitrogens is 1. The van der Waals surface area contributed by atoms with Crippen molar-refractivity contribution in [3.05, 3.63) is 85.4 Å². The van der Waals surface area contributed by atoms with Crippen LogP contribution in [0.4, 0.5) is 0 Å². The number of halogens is 2. The fourth-order valence-corrected chi connectivity index (χ4v) is 6.00. The van der Waals surface area contributed by atoms with E-state index in [-0.39, 0.29) is 10.8 Å². The predicted molar refractivity (Wildman–Crippen MR) is 176 cm³/mol. The van der Waals surface area contributed by atoms with Gasteiger partial charge in [0.2, 0.25) is 0 Å². The summed E-state index contributed by atoms with van der Waals surface area (Å²) in [6, 6.07) is 12.8. The lowest BCUT2D eigenvalue weighted by Crippen LogP contribution is -2.13. The lowest BCUT2D eigenvalue weighted by atomic mass is 9.85. The van der Waals surface area contributed by atoms with Gasteiger partial charge >= 0.3 is 0 Å². The molecule has 0 N–H and O–H groups in total. The van der Waals surface area contributed by atoms with E-state index >= 15 is 0 Å². The van der Waals surface area contributed by atoms with E-state index in [0.717, 1.165) is 59.9 Å². The molecule has 3 aromatic rings. The van der Waals surface area contributed by atoms with Crippen LogP contribution in [0.1, 0.15) is 82.8 Å². The molecule has 0 bridgehead atoms. The molecule has 0 spiro atoms. The van der Waals surface area contributed by atoms with Gasteiger partial charge in [-0.2, -0.15) is 0 Å². The third-order valence-corrected chi connectivity index (χ3v) is 8.29. The van der Waals surface area contributed by atoms with Crippen molar-refractivity contribution in [1.29, 1.82) is 0 Å². The molecule has 6 heteroatoms. The first-order chi connectivity index (χ1) is 18.8. The number of rotatable bonds is 5. The number of aliphatic imine (C=N–C) groups is 1. The van der Waals surface area contributed by atoms with Crippen LogP contribution in [-0.4, -0.2) is 24.9 Å².